The maximum atomic E-state index is 15.2. The summed E-state index contributed by atoms with van der Waals surface area (Å²) in [5.41, 5.74) is -4.84. The molecule has 2 heterocycles. The fourth-order valence-corrected chi connectivity index (χ4v) is 6.67. The summed E-state index contributed by atoms with van der Waals surface area (Å²) >= 11 is 6.16. The van der Waals surface area contributed by atoms with Gasteiger partial charge in [-0.3, -0.25) is 18.9 Å². The molecular formula is C10H13ClFN2O14P3. The standard InChI is InChI=1S/C10H13ClFN2O14P3/c1-8(11)6(14-3-2-4(15)13-7(14)16)25-10(12)5(9(8,10)17)26-30(21,22)28-31(23,24)27-29(18,19)20/h2-3,5-6,17H,1H3,(H,21,22)(H,23,24)(H,13,15,16)(H2,18,19,20)/t5?,6-,8+,9+,10-/m1/s1. The van der Waals surface area contributed by atoms with E-state index in [1.807, 2.05) is 4.98 Å². The van der Waals surface area contributed by atoms with Gasteiger partial charge in [-0.15, -0.1) is 11.6 Å². The van der Waals surface area contributed by atoms with E-state index in [1.165, 1.54) is 0 Å². The van der Waals surface area contributed by atoms with Crippen LogP contribution in [-0.4, -0.2) is 56.7 Å². The van der Waals surface area contributed by atoms with Gasteiger partial charge < -0.3 is 29.4 Å². The van der Waals surface area contributed by atoms with Gasteiger partial charge in [0.1, 0.15) is 4.87 Å². The monoisotopic (exact) mass is 532 g/mol. The third-order valence-corrected chi connectivity index (χ3v) is 8.68. The molecular weight excluding hydrogens is 519 g/mol. The largest absolute Gasteiger partial charge is 0.490 e. The molecule has 1 saturated carbocycles. The highest BCUT2D eigenvalue weighted by Crippen LogP contribution is 2.75. The van der Waals surface area contributed by atoms with E-state index in [0.717, 1.165) is 19.2 Å². The Morgan fingerprint density at radius 2 is 1.77 bits per heavy atom. The molecule has 0 amide bonds. The Labute approximate surface area is 174 Å². The summed E-state index contributed by atoms with van der Waals surface area (Å²) in [7, 11) is -17.4. The van der Waals surface area contributed by atoms with Gasteiger partial charge in [0.15, 0.2) is 17.9 Å². The highest BCUT2D eigenvalue weighted by Gasteiger charge is 2.95. The maximum absolute atomic E-state index is 15.2. The molecule has 2 fully saturated rings. The van der Waals surface area contributed by atoms with Crippen LogP contribution < -0.4 is 11.2 Å². The van der Waals surface area contributed by atoms with Crippen LogP contribution in [0.3, 0.4) is 0 Å². The second-order valence-electron chi connectivity index (χ2n) is 6.55. The molecule has 1 saturated heterocycles. The van der Waals surface area contributed by atoms with E-state index in [-0.39, 0.29) is 0 Å². The minimum Gasteiger partial charge on any atom is -0.379 e. The summed E-state index contributed by atoms with van der Waals surface area (Å²) in [5.74, 6) is -3.35. The lowest BCUT2D eigenvalue weighted by Gasteiger charge is -2.31. The molecule has 1 aliphatic heterocycles. The second kappa shape index (κ2) is 7.11. The quantitative estimate of drug-likeness (QED) is 0.186. The molecule has 16 nitrogen and oxygen atoms in total. The van der Waals surface area contributed by atoms with Gasteiger partial charge in [0.25, 0.3) is 11.4 Å². The molecule has 31 heavy (non-hydrogen) atoms. The van der Waals surface area contributed by atoms with E-state index >= 15 is 4.39 Å². The summed E-state index contributed by atoms with van der Waals surface area (Å²) < 4.78 is 65.8. The van der Waals surface area contributed by atoms with Gasteiger partial charge in [0.05, 0.1) is 0 Å². The van der Waals surface area contributed by atoms with Crippen LogP contribution in [0.5, 0.6) is 0 Å². The number of halogens is 2. The SMILES string of the molecule is C[C@]1(Cl)[C@H](n2ccc(=O)[nH]c2=O)O[C@]2(F)C(OP(=O)(O)OP(=O)(O)OP(=O)(O)O)[C@]12O. The van der Waals surface area contributed by atoms with Gasteiger partial charge in [0, 0.05) is 12.3 Å². The fourth-order valence-electron chi connectivity index (χ4n) is 3.08. The average Bonchev–Trinajstić information content (AvgIpc) is 2.91. The summed E-state index contributed by atoms with van der Waals surface area (Å²) in [6.45, 7) is 0.957. The number of nitrogens with one attached hydrogen (secondary N) is 1. The molecule has 0 radical (unpaired) electrons. The van der Waals surface area contributed by atoms with E-state index in [9.17, 15) is 33.3 Å². The van der Waals surface area contributed by atoms with E-state index in [0.29, 0.717) is 4.57 Å². The number of aromatic nitrogens is 2. The number of aromatic amines is 1. The third-order valence-electron chi connectivity index (χ3n) is 4.40. The zero-order valence-corrected chi connectivity index (χ0v) is 18.2. The molecule has 1 aromatic heterocycles. The van der Waals surface area contributed by atoms with Crippen LogP contribution in [-0.2, 0) is 31.6 Å². The summed E-state index contributed by atoms with van der Waals surface area (Å²) in [6.07, 6.45) is -3.32. The predicted octanol–water partition coefficient (Wildman–Crippen LogP) is -0.815. The van der Waals surface area contributed by atoms with Crippen molar-refractivity contribution in [3.05, 3.63) is 33.1 Å². The minimum absolute atomic E-state index is 0.613. The van der Waals surface area contributed by atoms with E-state index in [1.54, 1.807) is 0 Å². The highest BCUT2D eigenvalue weighted by molar-refractivity contribution is 7.66. The number of nitrogens with zero attached hydrogens (tertiary/aromatic N) is 1. The van der Waals surface area contributed by atoms with Crippen molar-refractivity contribution in [2.24, 2.45) is 0 Å². The van der Waals surface area contributed by atoms with Crippen LogP contribution in [0.1, 0.15) is 13.2 Å². The number of ether oxygens (including phenoxy) is 1. The Kier molecular flexibility index (Phi) is 5.70. The van der Waals surface area contributed by atoms with E-state index in [2.05, 4.69) is 13.1 Å². The van der Waals surface area contributed by atoms with E-state index in [4.69, 9.17) is 31.0 Å². The first-order valence-electron chi connectivity index (χ1n) is 7.67. The van der Waals surface area contributed by atoms with Crippen molar-refractivity contribution >= 4 is 35.1 Å². The molecule has 2 aliphatic rings. The van der Waals surface area contributed by atoms with Crippen LogP contribution in [0.4, 0.5) is 4.39 Å². The number of phosphoric ester groups is 1. The molecule has 1 aliphatic carbocycles. The Morgan fingerprint density at radius 1 is 1.19 bits per heavy atom. The molecule has 176 valence electrons. The first-order valence-corrected chi connectivity index (χ1v) is 12.6. The van der Waals surface area contributed by atoms with Crippen LogP contribution in [0.2, 0.25) is 0 Å². The minimum atomic E-state index is -5.90. The number of aliphatic hydroxyl groups is 1. The summed E-state index contributed by atoms with van der Waals surface area (Å²) in [6, 6.07) is 0.861. The fraction of sp³-hybridized carbons (Fsp3) is 0.600. The number of hydrogen-bond acceptors (Lipinski definition) is 10. The highest BCUT2D eigenvalue weighted by atomic mass is 35.5. The molecule has 6 N–H and O–H groups in total. The van der Waals surface area contributed by atoms with Crippen molar-refractivity contribution in [3.63, 3.8) is 0 Å². The van der Waals surface area contributed by atoms with Crippen LogP contribution >= 0.6 is 35.1 Å². The number of fused-ring (bicyclic) bond motifs is 1. The molecule has 7 atom stereocenters. The summed E-state index contributed by atoms with van der Waals surface area (Å²) in [5, 5.41) is 10.6. The molecule has 3 unspecified atom stereocenters. The molecule has 3 rings (SSSR count). The lowest BCUT2D eigenvalue weighted by atomic mass is 10.00. The van der Waals surface area contributed by atoms with Crippen LogP contribution in [0.15, 0.2) is 21.9 Å². The predicted molar refractivity (Wildman–Crippen MR) is 93.2 cm³/mol. The van der Waals surface area contributed by atoms with E-state index < -0.39 is 63.4 Å². The number of rotatable bonds is 7. The van der Waals surface area contributed by atoms with Gasteiger partial charge in [0.2, 0.25) is 0 Å². The van der Waals surface area contributed by atoms with Gasteiger partial charge in [-0.1, -0.05) is 0 Å². The molecule has 0 aromatic carbocycles. The third kappa shape index (κ3) is 4.15. The van der Waals surface area contributed by atoms with Crippen molar-refractivity contribution in [2.45, 2.75) is 35.6 Å². The topological polar surface area (TPSA) is 244 Å². The lowest BCUT2D eigenvalue weighted by molar-refractivity contribution is -0.138. The average molecular weight is 533 g/mol. The van der Waals surface area contributed by atoms with Gasteiger partial charge >= 0.3 is 29.2 Å². The zero-order valence-electron chi connectivity index (χ0n) is 14.8. The number of alkyl halides is 2. The van der Waals surface area contributed by atoms with Crippen molar-refractivity contribution in [1.29, 1.82) is 0 Å². The van der Waals surface area contributed by atoms with Gasteiger partial charge in [-0.25, -0.2) is 22.9 Å². The van der Waals surface area contributed by atoms with Crippen molar-refractivity contribution in [2.75, 3.05) is 0 Å². The normalized spacial score (nSPS) is 38.8. The van der Waals surface area contributed by atoms with Crippen molar-refractivity contribution < 1.29 is 60.6 Å². The molecule has 1 aromatic rings. The van der Waals surface area contributed by atoms with Crippen molar-refractivity contribution in [3.8, 4) is 0 Å². The number of hydrogen-bond donors (Lipinski definition) is 6. The Hall–Kier alpha value is -0.770. The smallest absolute Gasteiger partial charge is 0.379 e. The molecule has 0 bridgehead atoms. The molecule has 0 spiro atoms. The second-order valence-corrected chi connectivity index (χ2v) is 11.7. The number of H-pyrrole nitrogens is 1. The van der Waals surface area contributed by atoms with Crippen LogP contribution in [0.25, 0.3) is 0 Å². The van der Waals surface area contributed by atoms with Gasteiger partial charge in [-0.05, 0) is 6.92 Å². The first-order chi connectivity index (χ1) is 13.8. The Balaban J connectivity index is 1.84. The van der Waals surface area contributed by atoms with Crippen molar-refractivity contribution in [1.82, 2.24) is 9.55 Å². The first kappa shape index (κ1) is 24.9. The maximum Gasteiger partial charge on any atom is 0.490 e. The summed E-state index contributed by atoms with van der Waals surface area (Å²) in [4.78, 5) is 58.3. The molecule has 21 heteroatoms. The van der Waals surface area contributed by atoms with Crippen LogP contribution in [0, 0.1) is 0 Å². The lowest BCUT2D eigenvalue weighted by Crippen LogP contribution is -2.47. The number of phosphoric acid groups is 3. The zero-order chi connectivity index (χ0) is 23.8. The van der Waals surface area contributed by atoms with Gasteiger partial charge in [-0.2, -0.15) is 8.62 Å². The Morgan fingerprint density at radius 3 is 2.23 bits per heavy atom. The Bertz CT molecular complexity index is 1180.